The Hall–Kier alpha value is 0.730. The molecule has 0 heterocycles. The van der Waals surface area contributed by atoms with Gasteiger partial charge in [-0.2, -0.15) is 0 Å². The molecule has 2 aliphatic carbocycles. The maximum Gasteiger partial charge on any atom is 0.0115 e. The van der Waals surface area contributed by atoms with Crippen LogP contribution in [-0.2, 0) is 0 Å². The molecule has 0 bridgehead atoms. The Labute approximate surface area is 70.5 Å². The summed E-state index contributed by atoms with van der Waals surface area (Å²) in [6.45, 7) is 0. The first-order chi connectivity index (χ1) is 4.31. The summed E-state index contributed by atoms with van der Waals surface area (Å²) < 4.78 is 1.02. The van der Waals surface area contributed by atoms with Crippen LogP contribution in [0.25, 0.3) is 0 Å². The molecule has 9 heavy (non-hydrogen) atoms. The van der Waals surface area contributed by atoms with Crippen LogP contribution in [0.3, 0.4) is 0 Å². The van der Waals surface area contributed by atoms with Gasteiger partial charge in [0, 0.05) is 3.92 Å². The number of hydrogen-bond acceptors (Lipinski definition) is 0. The first-order valence-corrected chi connectivity index (χ1v) is 5.19. The van der Waals surface area contributed by atoms with Gasteiger partial charge in [0.2, 0.25) is 0 Å². The maximum atomic E-state index is 2.61. The van der Waals surface area contributed by atoms with Crippen molar-refractivity contribution in [3.63, 3.8) is 0 Å². The normalized spacial score (nSPS) is 39.0. The van der Waals surface area contributed by atoms with E-state index in [1.54, 1.807) is 19.3 Å². The Bertz CT molecular complexity index is 116. The summed E-state index contributed by atoms with van der Waals surface area (Å²) in [4.78, 5) is 0. The fourth-order valence-corrected chi connectivity index (χ4v) is 3.51. The fourth-order valence-electron chi connectivity index (χ4n) is 2.27. The van der Waals surface area contributed by atoms with Gasteiger partial charge < -0.3 is 0 Å². The number of rotatable bonds is 0. The van der Waals surface area contributed by atoms with E-state index in [-0.39, 0.29) is 0 Å². The maximum absolute atomic E-state index is 2.61. The number of halogens is 1. The molecule has 1 unspecified atom stereocenters. The van der Waals surface area contributed by atoms with Gasteiger partial charge in [-0.25, -0.2) is 0 Å². The highest BCUT2D eigenvalue weighted by Gasteiger charge is 2.42. The van der Waals surface area contributed by atoms with Crippen molar-refractivity contribution in [3.8, 4) is 0 Å². The van der Waals surface area contributed by atoms with Crippen molar-refractivity contribution < 1.29 is 0 Å². The molecule has 1 atom stereocenters. The lowest BCUT2D eigenvalue weighted by atomic mass is 9.68. The van der Waals surface area contributed by atoms with Crippen LogP contribution in [0.2, 0.25) is 0 Å². The first-order valence-electron chi connectivity index (χ1n) is 3.95. The highest BCUT2D eigenvalue weighted by atomic mass is 127. The van der Waals surface area contributed by atoms with Gasteiger partial charge >= 0.3 is 0 Å². The molecule has 0 nitrogen and oxygen atoms in total. The van der Waals surface area contributed by atoms with Crippen molar-refractivity contribution in [1.82, 2.24) is 0 Å². The third-order valence-corrected chi connectivity index (χ3v) is 4.12. The lowest BCUT2D eigenvalue weighted by molar-refractivity contribution is 0.145. The topological polar surface area (TPSA) is 0 Å². The Kier molecular flexibility index (Phi) is 1.51. The minimum Gasteiger partial charge on any atom is -0.0826 e. The summed E-state index contributed by atoms with van der Waals surface area (Å²) in [6, 6.07) is 0. The monoisotopic (exact) mass is 236 g/mol. The van der Waals surface area contributed by atoms with Crippen LogP contribution in [0.5, 0.6) is 0 Å². The van der Waals surface area contributed by atoms with Gasteiger partial charge in [-0.1, -0.05) is 29.0 Å². The average molecular weight is 236 g/mol. The Morgan fingerprint density at radius 3 is 2.22 bits per heavy atom. The van der Waals surface area contributed by atoms with E-state index < -0.39 is 0 Å². The minimum atomic E-state index is 0.881. The molecule has 0 aromatic carbocycles. The van der Waals surface area contributed by atoms with Crippen LogP contribution in [0.4, 0.5) is 0 Å². The SMILES string of the molecule is IC1CCC2(CCC2)C1. The molecule has 0 aromatic heterocycles. The molecule has 1 spiro atoms. The zero-order valence-corrected chi connectivity index (χ0v) is 7.86. The predicted molar refractivity (Wildman–Crippen MR) is 47.9 cm³/mol. The van der Waals surface area contributed by atoms with Crippen LogP contribution in [0, 0.1) is 5.41 Å². The quantitative estimate of drug-likeness (QED) is 0.447. The summed E-state index contributed by atoms with van der Waals surface area (Å²) >= 11 is 2.61. The third-order valence-electron chi connectivity index (χ3n) is 3.06. The van der Waals surface area contributed by atoms with Gasteiger partial charge in [0.25, 0.3) is 0 Å². The van der Waals surface area contributed by atoms with E-state index in [4.69, 9.17) is 0 Å². The molecule has 0 saturated heterocycles. The Morgan fingerprint density at radius 2 is 2.00 bits per heavy atom. The lowest BCUT2D eigenvalue weighted by Crippen LogP contribution is -2.25. The molecular formula is C8H13I. The molecule has 2 rings (SSSR count). The van der Waals surface area contributed by atoms with Crippen molar-refractivity contribution in [2.45, 2.75) is 42.4 Å². The second-order valence-corrected chi connectivity index (χ2v) is 5.46. The van der Waals surface area contributed by atoms with E-state index in [2.05, 4.69) is 22.6 Å². The van der Waals surface area contributed by atoms with E-state index >= 15 is 0 Å². The predicted octanol–water partition coefficient (Wildman–Crippen LogP) is 3.14. The van der Waals surface area contributed by atoms with Crippen molar-refractivity contribution in [1.29, 1.82) is 0 Å². The second-order valence-electron chi connectivity index (χ2n) is 3.69. The van der Waals surface area contributed by atoms with Crippen molar-refractivity contribution in [3.05, 3.63) is 0 Å². The smallest absolute Gasteiger partial charge is 0.0115 e. The van der Waals surface area contributed by atoms with Gasteiger partial charge in [-0.15, -0.1) is 0 Å². The summed E-state index contributed by atoms with van der Waals surface area (Å²) in [5.74, 6) is 0. The van der Waals surface area contributed by atoms with E-state index in [1.165, 1.54) is 19.3 Å². The summed E-state index contributed by atoms with van der Waals surface area (Å²) in [6.07, 6.45) is 9.19. The van der Waals surface area contributed by atoms with Gasteiger partial charge in [-0.3, -0.25) is 0 Å². The van der Waals surface area contributed by atoms with Gasteiger partial charge in [0.1, 0.15) is 0 Å². The standard InChI is InChI=1S/C8H13I/c9-7-2-5-8(6-7)3-1-4-8/h7H,1-6H2. The Balaban J connectivity index is 1.99. The van der Waals surface area contributed by atoms with E-state index in [0.717, 1.165) is 9.34 Å². The Morgan fingerprint density at radius 1 is 1.22 bits per heavy atom. The molecule has 1 heteroatoms. The van der Waals surface area contributed by atoms with Gasteiger partial charge in [-0.05, 0) is 37.5 Å². The first kappa shape index (κ1) is 6.44. The zero-order valence-electron chi connectivity index (χ0n) is 5.70. The number of hydrogen-bond donors (Lipinski definition) is 0. The molecule has 2 aliphatic rings. The minimum absolute atomic E-state index is 0.881. The summed E-state index contributed by atoms with van der Waals surface area (Å²) in [7, 11) is 0. The van der Waals surface area contributed by atoms with Crippen molar-refractivity contribution >= 4 is 22.6 Å². The summed E-state index contributed by atoms with van der Waals surface area (Å²) in [5, 5.41) is 0. The number of alkyl halides is 1. The van der Waals surface area contributed by atoms with Crippen LogP contribution in [-0.4, -0.2) is 3.92 Å². The molecule has 2 fully saturated rings. The molecule has 2 saturated carbocycles. The average Bonchev–Trinajstić information content (AvgIpc) is 2.09. The molecule has 0 N–H and O–H groups in total. The molecule has 0 radical (unpaired) electrons. The van der Waals surface area contributed by atoms with Crippen LogP contribution in [0.15, 0.2) is 0 Å². The second kappa shape index (κ2) is 2.11. The zero-order chi connectivity index (χ0) is 6.32. The van der Waals surface area contributed by atoms with Crippen molar-refractivity contribution in [2.24, 2.45) is 5.41 Å². The van der Waals surface area contributed by atoms with E-state index in [9.17, 15) is 0 Å². The molecule has 0 aromatic rings. The molecule has 0 amide bonds. The largest absolute Gasteiger partial charge is 0.0826 e. The molecular weight excluding hydrogens is 223 g/mol. The summed E-state index contributed by atoms with van der Waals surface area (Å²) in [5.41, 5.74) is 0.881. The van der Waals surface area contributed by atoms with Crippen LogP contribution < -0.4 is 0 Å². The van der Waals surface area contributed by atoms with Gasteiger partial charge in [0.15, 0.2) is 0 Å². The van der Waals surface area contributed by atoms with E-state index in [0.29, 0.717) is 0 Å². The molecule has 52 valence electrons. The van der Waals surface area contributed by atoms with Crippen LogP contribution in [0.1, 0.15) is 38.5 Å². The third kappa shape index (κ3) is 1.02. The van der Waals surface area contributed by atoms with Crippen LogP contribution >= 0.6 is 22.6 Å². The van der Waals surface area contributed by atoms with Crippen molar-refractivity contribution in [2.75, 3.05) is 0 Å². The van der Waals surface area contributed by atoms with E-state index in [1.807, 2.05) is 0 Å². The molecule has 0 aliphatic heterocycles. The van der Waals surface area contributed by atoms with Gasteiger partial charge in [0.05, 0.1) is 0 Å². The highest BCUT2D eigenvalue weighted by Crippen LogP contribution is 2.54. The highest BCUT2D eigenvalue weighted by molar-refractivity contribution is 14.1. The lowest BCUT2D eigenvalue weighted by Gasteiger charge is -2.38. The fraction of sp³-hybridized carbons (Fsp3) is 1.00.